The highest BCUT2D eigenvalue weighted by Crippen LogP contribution is 2.36. The number of nitrogens with zero attached hydrogens (tertiary/aromatic N) is 2. The first kappa shape index (κ1) is 17.1. The van der Waals surface area contributed by atoms with Gasteiger partial charge in [0.2, 0.25) is 5.91 Å². The Morgan fingerprint density at radius 3 is 2.12 bits per heavy atom. The van der Waals surface area contributed by atoms with Gasteiger partial charge in [-0.3, -0.25) is 9.59 Å². The largest absolute Gasteiger partial charge is 0.417 e. The van der Waals surface area contributed by atoms with Crippen molar-refractivity contribution < 1.29 is 22.8 Å². The van der Waals surface area contributed by atoms with Crippen LogP contribution in [0.1, 0.15) is 22.8 Å². The van der Waals surface area contributed by atoms with E-state index in [4.69, 9.17) is 11.6 Å². The van der Waals surface area contributed by atoms with Crippen molar-refractivity contribution in [3.05, 3.63) is 34.3 Å². The molecule has 0 radical (unpaired) electrons. The molecule has 2 amide bonds. The first-order valence-corrected chi connectivity index (χ1v) is 7.96. The SMILES string of the molecule is CC(=O)N1C[C@H]2CN(C(=O)c3ccc(Cl)c(C(F)(F)F)c3)C[C@@H]2C1. The molecule has 2 aliphatic heterocycles. The first-order valence-electron chi connectivity index (χ1n) is 7.58. The van der Waals surface area contributed by atoms with Gasteiger partial charge in [0.25, 0.3) is 5.91 Å². The molecule has 0 saturated carbocycles. The van der Waals surface area contributed by atoms with Crippen LogP contribution in [0, 0.1) is 11.8 Å². The molecule has 3 rings (SSSR count). The Kier molecular flexibility index (Phi) is 4.23. The van der Waals surface area contributed by atoms with Crippen molar-refractivity contribution in [3.8, 4) is 0 Å². The van der Waals surface area contributed by atoms with E-state index < -0.39 is 22.7 Å². The molecular formula is C16H16ClF3N2O2. The van der Waals surface area contributed by atoms with Crippen molar-refractivity contribution >= 4 is 23.4 Å². The van der Waals surface area contributed by atoms with Crippen LogP contribution in [0.3, 0.4) is 0 Å². The summed E-state index contributed by atoms with van der Waals surface area (Å²) in [5.74, 6) is -0.0461. The predicted molar refractivity (Wildman–Crippen MR) is 81.6 cm³/mol. The van der Waals surface area contributed by atoms with E-state index in [1.807, 2.05) is 0 Å². The van der Waals surface area contributed by atoms with E-state index in [0.717, 1.165) is 12.1 Å². The molecule has 1 aromatic rings. The van der Waals surface area contributed by atoms with Crippen molar-refractivity contribution in [2.24, 2.45) is 11.8 Å². The zero-order chi connectivity index (χ0) is 17.6. The van der Waals surface area contributed by atoms with Crippen LogP contribution in [0.25, 0.3) is 0 Å². The molecule has 2 aliphatic rings. The highest BCUT2D eigenvalue weighted by molar-refractivity contribution is 6.31. The molecule has 2 atom stereocenters. The topological polar surface area (TPSA) is 40.6 Å². The first-order chi connectivity index (χ1) is 11.2. The monoisotopic (exact) mass is 360 g/mol. The summed E-state index contributed by atoms with van der Waals surface area (Å²) in [7, 11) is 0. The molecule has 0 bridgehead atoms. The van der Waals surface area contributed by atoms with E-state index in [2.05, 4.69) is 0 Å². The zero-order valence-electron chi connectivity index (χ0n) is 12.9. The average molecular weight is 361 g/mol. The van der Waals surface area contributed by atoms with Crippen LogP contribution < -0.4 is 0 Å². The summed E-state index contributed by atoms with van der Waals surface area (Å²) in [4.78, 5) is 27.2. The number of likely N-dealkylation sites (tertiary alicyclic amines) is 2. The minimum atomic E-state index is -4.60. The van der Waals surface area contributed by atoms with Crippen LogP contribution >= 0.6 is 11.6 Å². The number of alkyl halides is 3. The number of hydrogen-bond acceptors (Lipinski definition) is 2. The number of halogens is 4. The number of carbonyl (C=O) groups excluding carboxylic acids is 2. The summed E-state index contributed by atoms with van der Waals surface area (Å²) < 4.78 is 38.8. The Morgan fingerprint density at radius 1 is 1.08 bits per heavy atom. The van der Waals surface area contributed by atoms with Gasteiger partial charge in [-0.25, -0.2) is 0 Å². The number of hydrogen-bond donors (Lipinski definition) is 0. The van der Waals surface area contributed by atoms with Crippen molar-refractivity contribution in [2.45, 2.75) is 13.1 Å². The minimum Gasteiger partial charge on any atom is -0.342 e. The van der Waals surface area contributed by atoms with E-state index in [1.165, 1.54) is 13.0 Å². The molecule has 130 valence electrons. The highest BCUT2D eigenvalue weighted by atomic mass is 35.5. The smallest absolute Gasteiger partial charge is 0.342 e. The molecule has 0 aliphatic carbocycles. The summed E-state index contributed by atoms with van der Waals surface area (Å²) in [5.41, 5.74) is -1.02. The summed E-state index contributed by atoms with van der Waals surface area (Å²) in [5, 5.41) is -0.422. The van der Waals surface area contributed by atoms with Crippen LogP contribution in [-0.4, -0.2) is 47.8 Å². The predicted octanol–water partition coefficient (Wildman–Crippen LogP) is 2.91. The third-order valence-electron chi connectivity index (χ3n) is 4.74. The van der Waals surface area contributed by atoms with Gasteiger partial charge in [-0.2, -0.15) is 13.2 Å². The summed E-state index contributed by atoms with van der Waals surface area (Å²) in [6.45, 7) is 3.61. The van der Waals surface area contributed by atoms with Gasteiger partial charge in [-0.05, 0) is 18.2 Å². The molecular weight excluding hydrogens is 345 g/mol. The lowest BCUT2D eigenvalue weighted by molar-refractivity contribution is -0.137. The number of carbonyl (C=O) groups is 2. The van der Waals surface area contributed by atoms with E-state index in [9.17, 15) is 22.8 Å². The second kappa shape index (κ2) is 5.95. The maximum Gasteiger partial charge on any atom is 0.417 e. The fourth-order valence-electron chi connectivity index (χ4n) is 3.47. The Balaban J connectivity index is 1.74. The lowest BCUT2D eigenvalue weighted by Crippen LogP contribution is -2.34. The fraction of sp³-hybridized carbons (Fsp3) is 0.500. The second-order valence-electron chi connectivity index (χ2n) is 6.35. The van der Waals surface area contributed by atoms with Crippen LogP contribution in [0.4, 0.5) is 13.2 Å². The van der Waals surface area contributed by atoms with E-state index >= 15 is 0 Å². The lowest BCUT2D eigenvalue weighted by atomic mass is 10.0. The number of amides is 2. The van der Waals surface area contributed by atoms with Crippen LogP contribution in [0.5, 0.6) is 0 Å². The summed E-state index contributed by atoms with van der Waals surface area (Å²) in [6.07, 6.45) is -4.60. The molecule has 1 aromatic carbocycles. The standard InChI is InChI=1S/C16H16ClF3N2O2/c1-9(23)21-5-11-7-22(8-12(11)6-21)15(24)10-2-3-14(17)13(4-10)16(18,19)20/h2-4,11-12H,5-8H2,1H3/t11-,12-/m0/s1. The molecule has 2 heterocycles. The molecule has 8 heteroatoms. The third-order valence-corrected chi connectivity index (χ3v) is 5.07. The van der Waals surface area contributed by atoms with Crippen molar-refractivity contribution in [2.75, 3.05) is 26.2 Å². The van der Waals surface area contributed by atoms with Gasteiger partial charge in [0.1, 0.15) is 0 Å². The van der Waals surface area contributed by atoms with Gasteiger partial charge in [0.05, 0.1) is 10.6 Å². The van der Waals surface area contributed by atoms with Crippen LogP contribution in [0.2, 0.25) is 5.02 Å². The highest BCUT2D eigenvalue weighted by Gasteiger charge is 2.42. The van der Waals surface area contributed by atoms with Crippen molar-refractivity contribution in [1.82, 2.24) is 9.80 Å². The van der Waals surface area contributed by atoms with Gasteiger partial charge in [-0.1, -0.05) is 11.6 Å². The Bertz CT molecular complexity index is 678. The molecule has 0 N–H and O–H groups in total. The summed E-state index contributed by atoms with van der Waals surface area (Å²) in [6, 6.07) is 3.22. The molecule has 0 spiro atoms. The Morgan fingerprint density at radius 2 is 1.62 bits per heavy atom. The maximum absolute atomic E-state index is 12.9. The fourth-order valence-corrected chi connectivity index (χ4v) is 3.70. The molecule has 24 heavy (non-hydrogen) atoms. The van der Waals surface area contributed by atoms with E-state index in [0.29, 0.717) is 26.2 Å². The van der Waals surface area contributed by atoms with Gasteiger partial charge in [-0.15, -0.1) is 0 Å². The van der Waals surface area contributed by atoms with Gasteiger partial charge in [0.15, 0.2) is 0 Å². The summed E-state index contributed by atoms with van der Waals surface area (Å²) >= 11 is 5.59. The second-order valence-corrected chi connectivity index (χ2v) is 6.75. The molecule has 0 unspecified atom stereocenters. The van der Waals surface area contributed by atoms with Crippen molar-refractivity contribution in [1.29, 1.82) is 0 Å². The molecule has 4 nitrogen and oxygen atoms in total. The average Bonchev–Trinajstić information content (AvgIpc) is 3.04. The lowest BCUT2D eigenvalue weighted by Gasteiger charge is -2.21. The quantitative estimate of drug-likeness (QED) is 0.772. The van der Waals surface area contributed by atoms with E-state index in [-0.39, 0.29) is 23.3 Å². The molecule has 0 aromatic heterocycles. The zero-order valence-corrected chi connectivity index (χ0v) is 13.7. The van der Waals surface area contributed by atoms with Gasteiger partial charge in [0, 0.05) is 50.5 Å². The van der Waals surface area contributed by atoms with Crippen LogP contribution in [-0.2, 0) is 11.0 Å². The molecule has 2 saturated heterocycles. The minimum absolute atomic E-state index is 0.00907. The van der Waals surface area contributed by atoms with Crippen molar-refractivity contribution in [3.63, 3.8) is 0 Å². The van der Waals surface area contributed by atoms with Gasteiger partial charge >= 0.3 is 6.18 Å². The molecule has 2 fully saturated rings. The normalized spacial score (nSPS) is 23.5. The van der Waals surface area contributed by atoms with E-state index in [1.54, 1.807) is 9.80 Å². The number of fused-ring (bicyclic) bond motifs is 1. The number of rotatable bonds is 1. The maximum atomic E-state index is 12.9. The number of benzene rings is 1. The Hall–Kier alpha value is -1.76. The van der Waals surface area contributed by atoms with Gasteiger partial charge < -0.3 is 9.80 Å². The third kappa shape index (κ3) is 3.09. The van der Waals surface area contributed by atoms with Crippen LogP contribution in [0.15, 0.2) is 18.2 Å². The Labute approximate surface area is 142 Å².